The number of benzene rings is 2. The number of carbonyl (C=O) groups excluding carboxylic acids is 2. The maximum Gasteiger partial charge on any atom is 0.252 e. The number of carbonyl (C=O) groups is 2. The van der Waals surface area contributed by atoms with Gasteiger partial charge in [0.15, 0.2) is 5.82 Å². The molecule has 2 heterocycles. The third kappa shape index (κ3) is 3.58. The van der Waals surface area contributed by atoms with Gasteiger partial charge in [-0.15, -0.1) is 5.10 Å². The van der Waals surface area contributed by atoms with Crippen molar-refractivity contribution in [2.75, 3.05) is 10.6 Å². The summed E-state index contributed by atoms with van der Waals surface area (Å²) >= 11 is 11.9. The first kappa shape index (κ1) is 18.5. The van der Waals surface area contributed by atoms with E-state index in [0.717, 1.165) is 11.1 Å². The molecule has 0 radical (unpaired) electrons. The molecular formula is C19H15Cl2N5O2. The van der Waals surface area contributed by atoms with E-state index in [9.17, 15) is 9.59 Å². The normalized spacial score (nSPS) is 15.2. The number of halogens is 2. The largest absolute Gasteiger partial charge is 0.325 e. The summed E-state index contributed by atoms with van der Waals surface area (Å²) in [6.45, 7) is 1.99. The van der Waals surface area contributed by atoms with Gasteiger partial charge in [-0.25, -0.2) is 4.68 Å². The minimum Gasteiger partial charge on any atom is -0.325 e. The van der Waals surface area contributed by atoms with Crippen LogP contribution in [-0.4, -0.2) is 26.6 Å². The van der Waals surface area contributed by atoms with Crippen molar-refractivity contribution in [3.05, 3.63) is 58.1 Å². The second-order valence-corrected chi connectivity index (χ2v) is 7.29. The zero-order chi connectivity index (χ0) is 19.8. The molecule has 142 valence electrons. The molecule has 2 N–H and O–H groups in total. The molecule has 1 aromatic heterocycles. The molecule has 1 aliphatic heterocycles. The molecular weight excluding hydrogens is 401 g/mol. The zero-order valence-electron chi connectivity index (χ0n) is 14.7. The first-order valence-electron chi connectivity index (χ1n) is 8.50. The fourth-order valence-corrected chi connectivity index (χ4v) is 3.36. The third-order valence-corrected chi connectivity index (χ3v) is 4.91. The van der Waals surface area contributed by atoms with Crippen molar-refractivity contribution in [2.45, 2.75) is 19.4 Å². The average molecular weight is 416 g/mol. The minimum absolute atomic E-state index is 0.103. The number of nitrogens with one attached hydrogen (secondary N) is 2. The number of anilines is 2. The number of aryl methyl sites for hydroxylation is 1. The summed E-state index contributed by atoms with van der Waals surface area (Å²) in [6.07, 6.45) is -0.103. The molecule has 4 rings (SSSR count). The Labute approximate surface area is 170 Å². The van der Waals surface area contributed by atoms with Crippen LogP contribution < -0.4 is 10.6 Å². The molecule has 0 saturated heterocycles. The van der Waals surface area contributed by atoms with Crippen LogP contribution in [0.3, 0.4) is 0 Å². The summed E-state index contributed by atoms with van der Waals surface area (Å²) in [5.41, 5.74) is 2.38. The molecule has 0 aliphatic carbocycles. The van der Waals surface area contributed by atoms with Crippen LogP contribution in [0.1, 0.15) is 18.0 Å². The van der Waals surface area contributed by atoms with E-state index >= 15 is 0 Å². The fourth-order valence-electron chi connectivity index (χ4n) is 2.90. The van der Waals surface area contributed by atoms with Gasteiger partial charge >= 0.3 is 0 Å². The van der Waals surface area contributed by atoms with E-state index < -0.39 is 6.04 Å². The second-order valence-electron chi connectivity index (χ2n) is 6.45. The lowest BCUT2D eigenvalue weighted by atomic mass is 10.1. The third-order valence-electron chi connectivity index (χ3n) is 4.36. The Bertz CT molecular complexity index is 1080. The monoisotopic (exact) mass is 415 g/mol. The summed E-state index contributed by atoms with van der Waals surface area (Å²) in [5, 5.41) is 10.5. The summed E-state index contributed by atoms with van der Waals surface area (Å²) < 4.78 is 1.45. The molecule has 3 aromatic rings. The van der Waals surface area contributed by atoms with Crippen LogP contribution in [0.4, 0.5) is 11.6 Å². The molecule has 2 aromatic carbocycles. The number of nitrogens with zero attached hydrogens (tertiary/aromatic N) is 3. The quantitative estimate of drug-likeness (QED) is 0.671. The summed E-state index contributed by atoms with van der Waals surface area (Å²) in [4.78, 5) is 29.0. The van der Waals surface area contributed by atoms with E-state index in [0.29, 0.717) is 27.5 Å². The SMILES string of the molecule is Cc1ccc(-c2nc3n(n2)[C@H](CC(=O)Nc2ccc(Cl)cc2Cl)C(=O)N3)cc1. The Morgan fingerprint density at radius 1 is 1.21 bits per heavy atom. The summed E-state index contributed by atoms with van der Waals surface area (Å²) in [6, 6.07) is 11.7. The molecule has 28 heavy (non-hydrogen) atoms. The molecule has 0 unspecified atom stereocenters. The van der Waals surface area contributed by atoms with Crippen molar-refractivity contribution < 1.29 is 9.59 Å². The number of fused-ring (bicyclic) bond motifs is 1. The summed E-state index contributed by atoms with van der Waals surface area (Å²) in [7, 11) is 0. The van der Waals surface area contributed by atoms with Crippen LogP contribution >= 0.6 is 23.2 Å². The van der Waals surface area contributed by atoms with Crippen LogP contribution in [0.25, 0.3) is 11.4 Å². The number of amides is 2. The van der Waals surface area contributed by atoms with Gasteiger partial charge in [-0.05, 0) is 25.1 Å². The molecule has 0 saturated carbocycles. The topological polar surface area (TPSA) is 88.9 Å². The van der Waals surface area contributed by atoms with Crippen LogP contribution in [0.2, 0.25) is 10.0 Å². The van der Waals surface area contributed by atoms with Crippen molar-refractivity contribution >= 4 is 46.7 Å². The van der Waals surface area contributed by atoms with Gasteiger partial charge in [0.05, 0.1) is 17.1 Å². The van der Waals surface area contributed by atoms with Gasteiger partial charge in [0, 0.05) is 10.6 Å². The smallest absolute Gasteiger partial charge is 0.252 e. The van der Waals surface area contributed by atoms with Crippen LogP contribution in [0.5, 0.6) is 0 Å². The summed E-state index contributed by atoms with van der Waals surface area (Å²) in [5.74, 6) is 0.108. The maximum absolute atomic E-state index is 12.4. The van der Waals surface area contributed by atoms with Gasteiger partial charge < -0.3 is 5.32 Å². The average Bonchev–Trinajstić information content (AvgIpc) is 3.17. The lowest BCUT2D eigenvalue weighted by Crippen LogP contribution is -2.23. The highest BCUT2D eigenvalue weighted by Gasteiger charge is 2.35. The maximum atomic E-state index is 12.4. The first-order valence-corrected chi connectivity index (χ1v) is 9.25. The Morgan fingerprint density at radius 3 is 2.68 bits per heavy atom. The molecule has 9 heteroatoms. The van der Waals surface area contributed by atoms with E-state index in [1.165, 1.54) is 10.7 Å². The van der Waals surface area contributed by atoms with Gasteiger partial charge in [0.2, 0.25) is 11.9 Å². The van der Waals surface area contributed by atoms with Gasteiger partial charge in [0.25, 0.3) is 5.91 Å². The Morgan fingerprint density at radius 2 is 1.96 bits per heavy atom. The number of hydrogen-bond donors (Lipinski definition) is 2. The number of aromatic nitrogens is 3. The highest BCUT2D eigenvalue weighted by atomic mass is 35.5. The molecule has 2 amide bonds. The van der Waals surface area contributed by atoms with Crippen LogP contribution in [0, 0.1) is 6.92 Å². The predicted molar refractivity (Wildman–Crippen MR) is 108 cm³/mol. The highest BCUT2D eigenvalue weighted by Crippen LogP contribution is 2.30. The molecule has 0 bridgehead atoms. The van der Waals surface area contributed by atoms with E-state index in [4.69, 9.17) is 23.2 Å². The number of rotatable bonds is 4. The highest BCUT2D eigenvalue weighted by molar-refractivity contribution is 6.36. The van der Waals surface area contributed by atoms with Gasteiger partial charge in [-0.1, -0.05) is 53.0 Å². The minimum atomic E-state index is -0.784. The number of hydrogen-bond acceptors (Lipinski definition) is 4. The van der Waals surface area contributed by atoms with Gasteiger partial charge in [0.1, 0.15) is 6.04 Å². The zero-order valence-corrected chi connectivity index (χ0v) is 16.3. The molecule has 1 aliphatic rings. The standard InChI is InChI=1S/C19H15Cl2N5O2/c1-10-2-4-11(5-3-10)17-23-19-24-18(28)15(26(19)25-17)9-16(27)22-14-7-6-12(20)8-13(14)21/h2-8,15H,9H2,1H3,(H,22,27)(H,23,24,25,28)/t15-/m1/s1. The van der Waals surface area contributed by atoms with Crippen molar-refractivity contribution in [2.24, 2.45) is 0 Å². The second kappa shape index (κ2) is 7.26. The van der Waals surface area contributed by atoms with E-state index in [-0.39, 0.29) is 18.2 Å². The van der Waals surface area contributed by atoms with E-state index in [2.05, 4.69) is 20.7 Å². The Kier molecular flexibility index (Phi) is 4.78. The fraction of sp³-hybridized carbons (Fsp3) is 0.158. The molecule has 1 atom stereocenters. The Balaban J connectivity index is 1.52. The van der Waals surface area contributed by atoms with Crippen LogP contribution in [-0.2, 0) is 9.59 Å². The lowest BCUT2D eigenvalue weighted by Gasteiger charge is -2.11. The van der Waals surface area contributed by atoms with Crippen LogP contribution in [0.15, 0.2) is 42.5 Å². The Hall–Kier alpha value is -2.90. The van der Waals surface area contributed by atoms with E-state index in [1.807, 2.05) is 31.2 Å². The van der Waals surface area contributed by atoms with E-state index in [1.54, 1.807) is 12.1 Å². The molecule has 0 spiro atoms. The van der Waals surface area contributed by atoms with Crippen molar-refractivity contribution in [3.63, 3.8) is 0 Å². The molecule has 0 fully saturated rings. The predicted octanol–water partition coefficient (Wildman–Crippen LogP) is 4.08. The van der Waals surface area contributed by atoms with Gasteiger partial charge in [-0.2, -0.15) is 4.98 Å². The van der Waals surface area contributed by atoms with Gasteiger partial charge in [-0.3, -0.25) is 14.9 Å². The lowest BCUT2D eigenvalue weighted by molar-refractivity contribution is -0.123. The van der Waals surface area contributed by atoms with Crippen molar-refractivity contribution in [1.82, 2.24) is 14.8 Å². The van der Waals surface area contributed by atoms with Crippen molar-refractivity contribution in [3.8, 4) is 11.4 Å². The molecule has 7 nitrogen and oxygen atoms in total. The van der Waals surface area contributed by atoms with Crippen molar-refractivity contribution in [1.29, 1.82) is 0 Å². The first-order chi connectivity index (χ1) is 13.4.